The summed E-state index contributed by atoms with van der Waals surface area (Å²) in [7, 11) is 0. The number of rotatable bonds is 12. The van der Waals surface area contributed by atoms with E-state index in [1.54, 1.807) is 105 Å². The number of hydrogen-bond acceptors (Lipinski definition) is 18. The third kappa shape index (κ3) is 11.1. The Morgan fingerprint density at radius 3 is 1.81 bits per heavy atom. The number of hydrogen-bond donors (Lipinski definition) is 0. The lowest BCUT2D eigenvalue weighted by atomic mass is 9.47. The van der Waals surface area contributed by atoms with E-state index in [4.69, 9.17) is 71.1 Å². The first-order valence-electron chi connectivity index (χ1n) is 32.5. The van der Waals surface area contributed by atoms with Crippen LogP contribution in [0.3, 0.4) is 0 Å². The van der Waals surface area contributed by atoms with E-state index in [1.165, 1.54) is 24.8 Å². The zero-order chi connectivity index (χ0) is 61.1. The molecule has 3 aromatic carbocycles. The molecule has 88 heavy (non-hydrogen) atoms. The highest BCUT2D eigenvalue weighted by Crippen LogP contribution is 2.71. The summed E-state index contributed by atoms with van der Waals surface area (Å²) in [6.45, 7) is 19.8. The van der Waals surface area contributed by atoms with E-state index in [-0.39, 0.29) is 52.9 Å². The first-order chi connectivity index (χ1) is 42.2. The van der Waals surface area contributed by atoms with Gasteiger partial charge < -0.3 is 71.1 Å². The first-order valence-corrected chi connectivity index (χ1v) is 32.5. The summed E-state index contributed by atoms with van der Waals surface area (Å²) in [6, 6.07) is 25.1. The summed E-state index contributed by atoms with van der Waals surface area (Å²) in [6.07, 6.45) is -0.738. The molecule has 476 valence electrons. The topological polar surface area (TPSA) is 190 Å². The number of carbonyl (C=O) groups is 3. The predicted octanol–water partition coefficient (Wildman–Crippen LogP) is 10.7. The van der Waals surface area contributed by atoms with Crippen LogP contribution in [0.15, 0.2) is 103 Å². The summed E-state index contributed by atoms with van der Waals surface area (Å²) in [4.78, 5) is 42.0. The molecule has 0 aromatic heterocycles. The monoisotopic (exact) mass is 1220 g/mol. The van der Waals surface area contributed by atoms with E-state index in [9.17, 15) is 14.4 Å². The molecule has 18 nitrogen and oxygen atoms in total. The lowest BCUT2D eigenvalue weighted by molar-refractivity contribution is -0.358. The van der Waals surface area contributed by atoms with Crippen LogP contribution in [0.25, 0.3) is 0 Å². The molecule has 0 N–H and O–H groups in total. The minimum Gasteiger partial charge on any atom is -0.452 e. The standard InChI is InChI=1S/C70H88O18/c1-38-27-32-70(76-35-38)39(2)52-49(85-70)34-48-46-26-25-44-33-45(28-30-68(44,8)47(46)29-31-69(48,52)9)78-63-58(55-51(37-75-63)84-66(4,5)86-55)83-65-59-56(87-67(6,7)88-59)53(40(3)77-65)82-64-57(81-62(73)43-23-17-12-18-24-43)54(80-61(72)42-21-15-11-16-22-42)50(36-74-64)79-60(71)41-19-13-10-14-20-41/h10-25,38-40,45-59,63-65H,26-37H2,1-9H3/t38-,39+,40+,45+,46-,47+,48+,49+,50+,51+,52+,53+,54+,55+,56-,57-,58-,59-,63+,64+,65+,68+,69+,70-/m1/s1. The fourth-order valence-electron chi connectivity index (χ4n) is 18.0. The van der Waals surface area contributed by atoms with E-state index >= 15 is 0 Å². The van der Waals surface area contributed by atoms with Crippen molar-refractivity contribution in [3.8, 4) is 0 Å². The predicted molar refractivity (Wildman–Crippen MR) is 315 cm³/mol. The molecular formula is C70H88O18. The lowest BCUT2D eigenvalue weighted by Gasteiger charge is -2.58. The van der Waals surface area contributed by atoms with Crippen molar-refractivity contribution in [2.75, 3.05) is 19.8 Å². The maximum absolute atomic E-state index is 14.2. The Morgan fingerprint density at radius 1 is 0.534 bits per heavy atom. The number of carbonyl (C=O) groups excluding carboxylic acids is 3. The minimum atomic E-state index is -1.50. The number of fused-ring (bicyclic) bond motifs is 9. The SMILES string of the molecule is C[C@@H]1CC[C@@]2(OC1)O[C@H]1C[C@H]3[C@@H]4CC=C5C[C@@H](O[C@@H]6OC[C@@H]7OC(C)(C)O[C@@H]7[C@H]6O[C@@H]6O[C@@H](C)[C@H](O[C@@H]7OC[C@H](OC(=O)c8ccccc8)[C@H](OC(=O)c8ccccc8)[C@H]7OC(=O)c7ccccc7)[C@H]7OC(C)(C)O[C@@H]67)CC[C@]5(C)[C@H]4CC[C@]3(C)[C@H]1[C@@H]2C. The average molecular weight is 1220 g/mol. The molecule has 0 amide bonds. The van der Waals surface area contributed by atoms with Gasteiger partial charge in [-0.05, 0) is 163 Å². The molecule has 11 aliphatic rings. The van der Waals surface area contributed by atoms with Crippen molar-refractivity contribution in [1.29, 1.82) is 0 Å². The summed E-state index contributed by atoms with van der Waals surface area (Å²) in [5.41, 5.74) is 2.49. The van der Waals surface area contributed by atoms with E-state index < -0.39 is 115 Å². The van der Waals surface area contributed by atoms with E-state index in [0.717, 1.165) is 45.1 Å². The van der Waals surface area contributed by atoms with Crippen LogP contribution >= 0.6 is 0 Å². The fourth-order valence-corrected chi connectivity index (χ4v) is 18.0. The van der Waals surface area contributed by atoms with Crippen molar-refractivity contribution in [1.82, 2.24) is 0 Å². The number of esters is 3. The van der Waals surface area contributed by atoms with Crippen molar-refractivity contribution < 1.29 is 85.4 Å². The second-order valence-electron chi connectivity index (χ2n) is 28.6. The molecule has 7 heterocycles. The van der Waals surface area contributed by atoms with Gasteiger partial charge in [-0.2, -0.15) is 0 Å². The molecule has 4 aliphatic carbocycles. The molecule has 7 saturated heterocycles. The molecular weight excluding hydrogens is 1130 g/mol. The molecule has 0 unspecified atom stereocenters. The number of allylic oxidation sites excluding steroid dienone is 1. The zero-order valence-corrected chi connectivity index (χ0v) is 52.2. The van der Waals surface area contributed by atoms with Crippen LogP contribution in [0.2, 0.25) is 0 Å². The van der Waals surface area contributed by atoms with E-state index in [1.807, 2.05) is 20.8 Å². The quantitative estimate of drug-likeness (QED) is 0.0944. The summed E-state index contributed by atoms with van der Waals surface area (Å²) in [5, 5.41) is 0. The van der Waals surface area contributed by atoms with Gasteiger partial charge in [0, 0.05) is 12.3 Å². The minimum absolute atomic E-state index is 0.0714. The first kappa shape index (κ1) is 60.9. The molecule has 3 saturated carbocycles. The van der Waals surface area contributed by atoms with Crippen molar-refractivity contribution in [3.63, 3.8) is 0 Å². The highest BCUT2D eigenvalue weighted by Gasteiger charge is 2.69. The second kappa shape index (κ2) is 23.5. The van der Waals surface area contributed by atoms with Gasteiger partial charge in [-0.3, -0.25) is 0 Å². The van der Waals surface area contributed by atoms with E-state index in [0.29, 0.717) is 35.5 Å². The third-order valence-electron chi connectivity index (χ3n) is 22.2. The van der Waals surface area contributed by atoms with Crippen LogP contribution in [-0.4, -0.2) is 147 Å². The molecule has 14 rings (SSSR count). The van der Waals surface area contributed by atoms with Crippen molar-refractivity contribution in [3.05, 3.63) is 119 Å². The van der Waals surface area contributed by atoms with Crippen molar-refractivity contribution >= 4 is 17.9 Å². The van der Waals surface area contributed by atoms with Gasteiger partial charge in [0.1, 0.15) is 36.6 Å². The van der Waals surface area contributed by atoms with Gasteiger partial charge >= 0.3 is 17.9 Å². The molecule has 7 aliphatic heterocycles. The largest absolute Gasteiger partial charge is 0.452 e. The molecule has 0 bridgehead atoms. The third-order valence-corrected chi connectivity index (χ3v) is 22.2. The molecule has 0 radical (unpaired) electrons. The zero-order valence-electron chi connectivity index (χ0n) is 52.2. The maximum atomic E-state index is 14.2. The normalized spacial score (nSPS) is 44.5. The fraction of sp³-hybridized carbons (Fsp3) is 0.671. The Kier molecular flexibility index (Phi) is 16.2. The van der Waals surface area contributed by atoms with Gasteiger partial charge in [-0.25, -0.2) is 14.4 Å². The summed E-state index contributed by atoms with van der Waals surface area (Å²) < 4.78 is 100. The molecule has 18 heteroatoms. The van der Waals surface area contributed by atoms with Gasteiger partial charge in [0.2, 0.25) is 0 Å². The Labute approximate surface area is 516 Å². The Balaban J connectivity index is 0.695. The van der Waals surface area contributed by atoms with Crippen LogP contribution in [-0.2, 0) is 71.1 Å². The highest BCUT2D eigenvalue weighted by atomic mass is 16.8. The van der Waals surface area contributed by atoms with Crippen molar-refractivity contribution in [2.45, 2.75) is 230 Å². The second-order valence-corrected chi connectivity index (χ2v) is 28.6. The van der Waals surface area contributed by atoms with Crippen LogP contribution in [0.5, 0.6) is 0 Å². The van der Waals surface area contributed by atoms with Crippen LogP contribution in [0.1, 0.15) is 151 Å². The molecule has 10 fully saturated rings. The van der Waals surface area contributed by atoms with Gasteiger partial charge in [0.05, 0.1) is 54.8 Å². The summed E-state index contributed by atoms with van der Waals surface area (Å²) >= 11 is 0. The molecule has 3 aromatic rings. The van der Waals surface area contributed by atoms with Gasteiger partial charge in [0.25, 0.3) is 0 Å². The van der Waals surface area contributed by atoms with Gasteiger partial charge in [-0.1, -0.05) is 93.9 Å². The number of ether oxygens (including phenoxy) is 15. The molecule has 24 atom stereocenters. The van der Waals surface area contributed by atoms with E-state index in [2.05, 4.69) is 33.8 Å². The molecule has 1 spiro atoms. The van der Waals surface area contributed by atoms with Gasteiger partial charge in [-0.15, -0.1) is 0 Å². The van der Waals surface area contributed by atoms with Crippen LogP contribution in [0, 0.1) is 46.3 Å². The van der Waals surface area contributed by atoms with Crippen LogP contribution in [0.4, 0.5) is 0 Å². The maximum Gasteiger partial charge on any atom is 0.338 e. The van der Waals surface area contributed by atoms with Crippen LogP contribution < -0.4 is 0 Å². The van der Waals surface area contributed by atoms with Crippen molar-refractivity contribution in [2.24, 2.45) is 46.3 Å². The Bertz CT molecular complexity index is 3040. The Hall–Kier alpha value is -4.67. The van der Waals surface area contributed by atoms with Gasteiger partial charge in [0.15, 0.2) is 54.5 Å². The summed E-state index contributed by atoms with van der Waals surface area (Å²) in [5.74, 6) is -1.40. The smallest absolute Gasteiger partial charge is 0.338 e. The number of benzene rings is 3. The lowest BCUT2D eigenvalue weighted by Crippen LogP contribution is -2.64. The highest BCUT2D eigenvalue weighted by molar-refractivity contribution is 5.91. The Morgan fingerprint density at radius 2 is 1.14 bits per heavy atom. The average Bonchev–Trinajstić information content (AvgIpc) is 1.50.